The minimum absolute atomic E-state index is 0.280. The van der Waals surface area contributed by atoms with Crippen molar-refractivity contribution in [2.45, 2.75) is 32.4 Å². The van der Waals surface area contributed by atoms with Gasteiger partial charge in [-0.05, 0) is 44.4 Å². The van der Waals surface area contributed by atoms with Crippen LogP contribution in [0.1, 0.15) is 31.9 Å². The number of rotatable bonds is 3. The smallest absolute Gasteiger partial charge is 0.0640 e. The first-order valence-corrected chi connectivity index (χ1v) is 7.20. The first-order chi connectivity index (χ1) is 8.54. The molecule has 1 aromatic carbocycles. The number of hydrogen-bond acceptors (Lipinski definition) is 2. The van der Waals surface area contributed by atoms with Crippen LogP contribution in [0.2, 0.25) is 10.0 Å². The normalized spacial score (nSPS) is 26.5. The summed E-state index contributed by atoms with van der Waals surface area (Å²) in [5.41, 5.74) is 6.88. The molecule has 0 radical (unpaired) electrons. The first kappa shape index (κ1) is 14.1. The molecule has 0 amide bonds. The Balaban J connectivity index is 2.21. The third-order valence-electron chi connectivity index (χ3n) is 3.97. The van der Waals surface area contributed by atoms with E-state index in [0.29, 0.717) is 22.0 Å². The number of hydrogen-bond donors (Lipinski definition) is 1. The Hall–Kier alpha value is -0.280. The number of nitrogens with two attached hydrogens (primary N) is 1. The van der Waals surface area contributed by atoms with Crippen molar-refractivity contribution >= 4 is 23.2 Å². The lowest BCUT2D eigenvalue weighted by Gasteiger charge is -2.29. The van der Waals surface area contributed by atoms with E-state index in [9.17, 15) is 0 Å². The first-order valence-electron chi connectivity index (χ1n) is 6.44. The Labute approximate surface area is 119 Å². The zero-order valence-corrected chi connectivity index (χ0v) is 12.4. The molecule has 0 saturated carbocycles. The van der Waals surface area contributed by atoms with Crippen LogP contribution in [0.15, 0.2) is 18.2 Å². The second kappa shape index (κ2) is 5.79. The van der Waals surface area contributed by atoms with E-state index in [-0.39, 0.29) is 6.04 Å². The van der Waals surface area contributed by atoms with Crippen LogP contribution in [0.3, 0.4) is 0 Å². The van der Waals surface area contributed by atoms with Gasteiger partial charge in [-0.2, -0.15) is 0 Å². The second-order valence-electron chi connectivity index (χ2n) is 5.20. The molecule has 100 valence electrons. The fraction of sp³-hybridized carbons (Fsp3) is 0.571. The van der Waals surface area contributed by atoms with Gasteiger partial charge in [0.2, 0.25) is 0 Å². The standard InChI is InChI=1S/C14H20Cl2N2/c1-9-6-11(7-17)8-18(9)10(2)12-4-3-5-13(15)14(12)16/h3-5,9-11H,6-8,17H2,1-2H3. The Kier molecular flexibility index (Phi) is 4.54. The highest BCUT2D eigenvalue weighted by molar-refractivity contribution is 6.42. The van der Waals surface area contributed by atoms with Crippen LogP contribution in [-0.2, 0) is 0 Å². The van der Waals surface area contributed by atoms with Crippen LogP contribution >= 0.6 is 23.2 Å². The molecule has 0 aliphatic carbocycles. The van der Waals surface area contributed by atoms with Gasteiger partial charge in [-0.25, -0.2) is 0 Å². The van der Waals surface area contributed by atoms with Crippen LogP contribution in [0.4, 0.5) is 0 Å². The molecule has 3 unspecified atom stereocenters. The van der Waals surface area contributed by atoms with Gasteiger partial charge in [0.05, 0.1) is 10.0 Å². The maximum Gasteiger partial charge on any atom is 0.0640 e. The van der Waals surface area contributed by atoms with Gasteiger partial charge in [-0.1, -0.05) is 35.3 Å². The molecule has 2 rings (SSSR count). The Bertz CT molecular complexity index is 422. The average molecular weight is 287 g/mol. The number of benzene rings is 1. The van der Waals surface area contributed by atoms with E-state index in [4.69, 9.17) is 28.9 Å². The Morgan fingerprint density at radius 1 is 1.44 bits per heavy atom. The van der Waals surface area contributed by atoms with Crippen LogP contribution in [0.25, 0.3) is 0 Å². The molecule has 0 bridgehead atoms. The molecule has 1 aromatic rings. The third-order valence-corrected chi connectivity index (χ3v) is 4.81. The molecule has 1 saturated heterocycles. The van der Waals surface area contributed by atoms with Crippen LogP contribution in [0, 0.1) is 5.92 Å². The van der Waals surface area contributed by atoms with Gasteiger partial charge in [-0.15, -0.1) is 0 Å². The van der Waals surface area contributed by atoms with Crippen molar-refractivity contribution in [2.24, 2.45) is 11.7 Å². The highest BCUT2D eigenvalue weighted by atomic mass is 35.5. The van der Waals surface area contributed by atoms with E-state index in [1.54, 1.807) is 0 Å². The van der Waals surface area contributed by atoms with Gasteiger partial charge in [0.1, 0.15) is 0 Å². The van der Waals surface area contributed by atoms with Crippen molar-refractivity contribution in [3.8, 4) is 0 Å². The molecular formula is C14H20Cl2N2. The van der Waals surface area contributed by atoms with Crippen LogP contribution in [0.5, 0.6) is 0 Å². The Morgan fingerprint density at radius 2 is 2.17 bits per heavy atom. The summed E-state index contributed by atoms with van der Waals surface area (Å²) < 4.78 is 0. The lowest BCUT2D eigenvalue weighted by Crippen LogP contribution is -2.31. The summed E-state index contributed by atoms with van der Waals surface area (Å²) in [4.78, 5) is 2.47. The number of halogens is 2. The molecule has 2 nitrogen and oxygen atoms in total. The summed E-state index contributed by atoms with van der Waals surface area (Å²) in [5, 5.41) is 1.30. The van der Waals surface area contributed by atoms with Gasteiger partial charge in [0.15, 0.2) is 0 Å². The van der Waals surface area contributed by atoms with E-state index in [2.05, 4.69) is 24.8 Å². The van der Waals surface area contributed by atoms with Gasteiger partial charge in [0, 0.05) is 18.6 Å². The van der Waals surface area contributed by atoms with Crippen LogP contribution < -0.4 is 5.73 Å². The van der Waals surface area contributed by atoms with Crippen LogP contribution in [-0.4, -0.2) is 24.0 Å². The second-order valence-corrected chi connectivity index (χ2v) is 5.99. The van der Waals surface area contributed by atoms with Gasteiger partial charge in [-0.3, -0.25) is 4.90 Å². The fourth-order valence-electron chi connectivity index (χ4n) is 2.90. The largest absolute Gasteiger partial charge is 0.330 e. The molecule has 1 heterocycles. The van der Waals surface area contributed by atoms with Crippen molar-refractivity contribution in [3.05, 3.63) is 33.8 Å². The topological polar surface area (TPSA) is 29.3 Å². The van der Waals surface area contributed by atoms with E-state index in [1.165, 1.54) is 6.42 Å². The highest BCUT2D eigenvalue weighted by Crippen LogP contribution is 2.36. The van der Waals surface area contributed by atoms with Gasteiger partial charge >= 0.3 is 0 Å². The van der Waals surface area contributed by atoms with E-state index in [1.807, 2.05) is 12.1 Å². The monoisotopic (exact) mass is 286 g/mol. The molecule has 1 fully saturated rings. The van der Waals surface area contributed by atoms with Crippen molar-refractivity contribution in [3.63, 3.8) is 0 Å². The van der Waals surface area contributed by atoms with Crippen molar-refractivity contribution in [2.75, 3.05) is 13.1 Å². The minimum Gasteiger partial charge on any atom is -0.330 e. The highest BCUT2D eigenvalue weighted by Gasteiger charge is 2.32. The summed E-state index contributed by atoms with van der Waals surface area (Å²) in [6.07, 6.45) is 1.17. The maximum absolute atomic E-state index is 6.30. The zero-order chi connectivity index (χ0) is 13.3. The average Bonchev–Trinajstić information content (AvgIpc) is 2.73. The Morgan fingerprint density at radius 3 is 2.78 bits per heavy atom. The molecule has 3 atom stereocenters. The third kappa shape index (κ3) is 2.67. The summed E-state index contributed by atoms with van der Waals surface area (Å²) in [6.45, 7) is 6.25. The quantitative estimate of drug-likeness (QED) is 0.918. The predicted octanol–water partition coefficient (Wildman–Crippen LogP) is 3.72. The molecule has 0 aromatic heterocycles. The SMILES string of the molecule is CC1CC(CN)CN1C(C)c1cccc(Cl)c1Cl. The summed E-state index contributed by atoms with van der Waals surface area (Å²) >= 11 is 12.4. The number of likely N-dealkylation sites (tertiary alicyclic amines) is 1. The molecule has 1 aliphatic heterocycles. The van der Waals surface area contributed by atoms with Gasteiger partial charge in [0.25, 0.3) is 0 Å². The predicted molar refractivity (Wildman–Crippen MR) is 78.2 cm³/mol. The van der Waals surface area contributed by atoms with Crippen molar-refractivity contribution < 1.29 is 0 Å². The molecule has 4 heteroatoms. The fourth-order valence-corrected chi connectivity index (χ4v) is 3.37. The van der Waals surface area contributed by atoms with E-state index in [0.717, 1.165) is 18.7 Å². The minimum atomic E-state index is 0.280. The van der Waals surface area contributed by atoms with Crippen molar-refractivity contribution in [1.82, 2.24) is 4.90 Å². The van der Waals surface area contributed by atoms with Gasteiger partial charge < -0.3 is 5.73 Å². The molecule has 1 aliphatic rings. The zero-order valence-electron chi connectivity index (χ0n) is 10.9. The van der Waals surface area contributed by atoms with Crippen molar-refractivity contribution in [1.29, 1.82) is 0 Å². The summed E-state index contributed by atoms with van der Waals surface area (Å²) in [5.74, 6) is 0.598. The summed E-state index contributed by atoms with van der Waals surface area (Å²) in [7, 11) is 0. The van der Waals surface area contributed by atoms with E-state index < -0.39 is 0 Å². The maximum atomic E-state index is 6.30. The molecular weight excluding hydrogens is 267 g/mol. The molecule has 18 heavy (non-hydrogen) atoms. The molecule has 0 spiro atoms. The lowest BCUT2D eigenvalue weighted by molar-refractivity contribution is 0.201. The molecule has 2 N–H and O–H groups in total. The van der Waals surface area contributed by atoms with E-state index >= 15 is 0 Å². The summed E-state index contributed by atoms with van der Waals surface area (Å²) in [6, 6.07) is 6.67. The number of nitrogens with zero attached hydrogens (tertiary/aromatic N) is 1. The lowest BCUT2D eigenvalue weighted by atomic mass is 10.1.